The van der Waals surface area contributed by atoms with Crippen molar-refractivity contribution in [2.24, 2.45) is 0 Å². The molecule has 2 aromatic carbocycles. The van der Waals surface area contributed by atoms with Gasteiger partial charge in [-0.15, -0.1) is 0 Å². The van der Waals surface area contributed by atoms with E-state index in [2.05, 4.69) is 20.3 Å². The molecule has 0 bridgehead atoms. The van der Waals surface area contributed by atoms with E-state index in [0.29, 0.717) is 16.2 Å². The number of amides is 1. The first-order valence-corrected chi connectivity index (χ1v) is 12.4. The van der Waals surface area contributed by atoms with Crippen LogP contribution in [0, 0.1) is 20.2 Å². The first-order chi connectivity index (χ1) is 16.1. The number of non-ortho nitro benzene ring substituents is 2. The molecule has 2 heterocycles. The Labute approximate surface area is 198 Å². The van der Waals surface area contributed by atoms with E-state index >= 15 is 0 Å². The number of imidazole rings is 1. The van der Waals surface area contributed by atoms with Gasteiger partial charge in [0.25, 0.3) is 11.4 Å². The van der Waals surface area contributed by atoms with Crippen LogP contribution in [0.15, 0.2) is 62.9 Å². The molecule has 0 aliphatic carbocycles. The van der Waals surface area contributed by atoms with Crippen molar-refractivity contribution in [1.82, 2.24) is 15.0 Å². The molecule has 2 N–H and O–H groups in total. The number of rotatable bonds is 8. The summed E-state index contributed by atoms with van der Waals surface area (Å²) in [6, 6.07) is 8.60. The minimum atomic E-state index is -3.96. The molecule has 13 nitrogen and oxygen atoms in total. The number of fused-ring (bicyclic) bond motifs is 1. The van der Waals surface area contributed by atoms with E-state index in [4.69, 9.17) is 0 Å². The van der Waals surface area contributed by atoms with Crippen molar-refractivity contribution in [1.29, 1.82) is 0 Å². The molecule has 1 amide bonds. The van der Waals surface area contributed by atoms with Gasteiger partial charge in [0.2, 0.25) is 15.7 Å². The highest BCUT2D eigenvalue weighted by atomic mass is 32.2. The molecule has 4 rings (SSSR count). The molecule has 0 atom stereocenters. The summed E-state index contributed by atoms with van der Waals surface area (Å²) in [5.74, 6) is -0.545. The zero-order valence-corrected chi connectivity index (χ0v) is 19.1. The number of nitro groups is 2. The Balaban J connectivity index is 1.40. The number of nitrogens with one attached hydrogen (secondary N) is 2. The number of nitrogens with zero attached hydrogens (tertiary/aromatic N) is 4. The second-order valence-electron chi connectivity index (χ2n) is 6.58. The van der Waals surface area contributed by atoms with Crippen LogP contribution in [-0.2, 0) is 14.6 Å². The number of sulfone groups is 1. The molecule has 0 aliphatic heterocycles. The van der Waals surface area contributed by atoms with Crippen LogP contribution in [0.1, 0.15) is 0 Å². The predicted octanol–water partition coefficient (Wildman–Crippen LogP) is 3.40. The van der Waals surface area contributed by atoms with Crippen LogP contribution >= 0.6 is 23.1 Å². The second-order valence-corrected chi connectivity index (χ2v) is 10.7. The van der Waals surface area contributed by atoms with E-state index in [-0.39, 0.29) is 31.4 Å². The second kappa shape index (κ2) is 9.16. The monoisotopic (exact) mass is 520 g/mol. The van der Waals surface area contributed by atoms with Gasteiger partial charge in [-0.2, -0.15) is 0 Å². The number of H-pyrrole nitrogens is 1. The van der Waals surface area contributed by atoms with Crippen molar-refractivity contribution in [2.75, 3.05) is 11.1 Å². The maximum absolute atomic E-state index is 12.7. The van der Waals surface area contributed by atoms with Crippen LogP contribution in [0.3, 0.4) is 0 Å². The highest BCUT2D eigenvalue weighted by Gasteiger charge is 2.22. The van der Waals surface area contributed by atoms with Crippen LogP contribution in [0.2, 0.25) is 0 Å². The van der Waals surface area contributed by atoms with E-state index in [1.165, 1.54) is 18.2 Å². The number of carbonyl (C=O) groups excluding carboxylic acids is 1. The maximum Gasteiger partial charge on any atom is 0.271 e. The van der Waals surface area contributed by atoms with Crippen molar-refractivity contribution in [3.63, 3.8) is 0 Å². The molecule has 0 fully saturated rings. The van der Waals surface area contributed by atoms with Gasteiger partial charge in [0.15, 0.2) is 10.3 Å². The van der Waals surface area contributed by atoms with Gasteiger partial charge in [0.1, 0.15) is 4.21 Å². The topological polar surface area (TPSA) is 191 Å². The highest BCUT2D eigenvalue weighted by Crippen LogP contribution is 2.30. The third kappa shape index (κ3) is 4.87. The van der Waals surface area contributed by atoms with Gasteiger partial charge < -0.3 is 10.3 Å². The molecule has 4 aromatic rings. The number of carbonyl (C=O) groups is 1. The van der Waals surface area contributed by atoms with Crippen molar-refractivity contribution < 1.29 is 23.1 Å². The van der Waals surface area contributed by atoms with Gasteiger partial charge in [0, 0.05) is 24.3 Å². The molecule has 0 saturated heterocycles. The first kappa shape index (κ1) is 23.3. The molecule has 0 saturated carbocycles. The number of anilines is 1. The number of thiazole rings is 1. The summed E-state index contributed by atoms with van der Waals surface area (Å²) in [7, 11) is -3.96. The highest BCUT2D eigenvalue weighted by molar-refractivity contribution is 7.99. The summed E-state index contributed by atoms with van der Waals surface area (Å²) in [4.78, 5) is 43.6. The standard InChI is InChI=1S/C18H12N6O7S3/c25-15(9-32-18-20-13-6-3-11(24(28)29)7-14(13)21-18)22-17-19-8-16(33-17)34(30,31)12-4-1-10(2-5-12)23(26)27/h1-8H,9H2,(H,20,21)(H,19,22,25). The Morgan fingerprint density at radius 1 is 1.09 bits per heavy atom. The number of thioether (sulfide) groups is 1. The molecule has 0 unspecified atom stereocenters. The largest absolute Gasteiger partial charge is 0.333 e. The summed E-state index contributed by atoms with van der Waals surface area (Å²) >= 11 is 1.80. The number of hydrogen-bond acceptors (Lipinski definition) is 11. The smallest absolute Gasteiger partial charge is 0.271 e. The number of aromatic amines is 1. The van der Waals surface area contributed by atoms with Crippen molar-refractivity contribution in [3.05, 3.63) is 68.9 Å². The Kier molecular flexibility index (Phi) is 6.27. The van der Waals surface area contributed by atoms with Gasteiger partial charge in [-0.3, -0.25) is 25.0 Å². The summed E-state index contributed by atoms with van der Waals surface area (Å²) < 4.78 is 25.3. The van der Waals surface area contributed by atoms with E-state index in [9.17, 15) is 33.4 Å². The van der Waals surface area contributed by atoms with Gasteiger partial charge in [-0.05, 0) is 18.2 Å². The fourth-order valence-electron chi connectivity index (χ4n) is 2.75. The van der Waals surface area contributed by atoms with Crippen molar-refractivity contribution in [3.8, 4) is 0 Å². The van der Waals surface area contributed by atoms with Crippen LogP contribution in [0.5, 0.6) is 0 Å². The molecule has 174 valence electrons. The van der Waals surface area contributed by atoms with Crippen LogP contribution < -0.4 is 5.32 Å². The van der Waals surface area contributed by atoms with E-state index in [1.807, 2.05) is 0 Å². The Morgan fingerprint density at radius 3 is 2.44 bits per heavy atom. The third-order valence-electron chi connectivity index (χ3n) is 4.35. The van der Waals surface area contributed by atoms with E-state index in [0.717, 1.165) is 53.6 Å². The van der Waals surface area contributed by atoms with Crippen molar-refractivity contribution in [2.45, 2.75) is 14.3 Å². The number of benzene rings is 2. The Morgan fingerprint density at radius 2 is 1.76 bits per heavy atom. The average molecular weight is 521 g/mol. The van der Waals surface area contributed by atoms with Gasteiger partial charge in [-0.25, -0.2) is 18.4 Å². The van der Waals surface area contributed by atoms with Crippen LogP contribution in [0.4, 0.5) is 16.5 Å². The third-order valence-corrected chi connectivity index (χ3v) is 8.36. The summed E-state index contributed by atoms with van der Waals surface area (Å²) in [5, 5.41) is 24.6. The lowest BCUT2D eigenvalue weighted by Gasteiger charge is -2.01. The van der Waals surface area contributed by atoms with Gasteiger partial charge in [-0.1, -0.05) is 23.1 Å². The molecule has 0 radical (unpaired) electrons. The first-order valence-electron chi connectivity index (χ1n) is 9.15. The molecular formula is C18H12N6O7S3. The number of hydrogen-bond donors (Lipinski definition) is 2. The normalized spacial score (nSPS) is 11.4. The van der Waals surface area contributed by atoms with Crippen LogP contribution in [-0.4, -0.2) is 44.9 Å². The molecule has 0 spiro atoms. The van der Waals surface area contributed by atoms with Crippen molar-refractivity contribution >= 4 is 66.4 Å². The summed E-state index contributed by atoms with van der Waals surface area (Å²) in [6.07, 6.45) is 1.09. The minimum absolute atomic E-state index is 0.0614. The molecular weight excluding hydrogens is 508 g/mol. The molecule has 2 aromatic heterocycles. The average Bonchev–Trinajstić information content (AvgIpc) is 3.44. The SMILES string of the molecule is O=C(CSc1nc2ccc([N+](=O)[O-])cc2[nH]1)Nc1ncc(S(=O)(=O)c2ccc([N+](=O)[O-])cc2)s1. The Bertz CT molecular complexity index is 1530. The predicted molar refractivity (Wildman–Crippen MR) is 123 cm³/mol. The molecule has 16 heteroatoms. The lowest BCUT2D eigenvalue weighted by Crippen LogP contribution is -2.13. The van der Waals surface area contributed by atoms with Gasteiger partial charge in [0.05, 0.1) is 37.7 Å². The molecule has 0 aliphatic rings. The summed E-state index contributed by atoms with van der Waals surface area (Å²) in [6.45, 7) is 0. The minimum Gasteiger partial charge on any atom is -0.333 e. The zero-order chi connectivity index (χ0) is 24.5. The fourth-order valence-corrected chi connectivity index (χ4v) is 5.88. The quantitative estimate of drug-likeness (QED) is 0.198. The number of nitro benzene ring substituents is 2. The number of aromatic nitrogens is 3. The van der Waals surface area contributed by atoms with Gasteiger partial charge >= 0.3 is 0 Å². The molecule has 34 heavy (non-hydrogen) atoms. The Hall–Kier alpha value is -3.89. The fraction of sp³-hybridized carbons (Fsp3) is 0.0556. The lowest BCUT2D eigenvalue weighted by atomic mass is 10.3. The zero-order valence-electron chi connectivity index (χ0n) is 16.7. The summed E-state index contributed by atoms with van der Waals surface area (Å²) in [5.41, 5.74) is 0.637. The van der Waals surface area contributed by atoms with Crippen LogP contribution in [0.25, 0.3) is 11.0 Å². The maximum atomic E-state index is 12.7. The van der Waals surface area contributed by atoms with E-state index < -0.39 is 25.6 Å². The van der Waals surface area contributed by atoms with E-state index in [1.54, 1.807) is 0 Å². The lowest BCUT2D eigenvalue weighted by molar-refractivity contribution is -0.385.